The van der Waals surface area contributed by atoms with Crippen LogP contribution in [0, 0.1) is 11.6 Å². The lowest BCUT2D eigenvalue weighted by Gasteiger charge is -2.38. The monoisotopic (exact) mass is 414 g/mol. The van der Waals surface area contributed by atoms with E-state index in [1.165, 1.54) is 12.1 Å². The maximum atomic E-state index is 13.7. The fourth-order valence-electron chi connectivity index (χ4n) is 4.77. The first-order valence-corrected chi connectivity index (χ1v) is 11.0. The third-order valence-electron chi connectivity index (χ3n) is 6.65. The number of halogens is 2. The Morgan fingerprint density at radius 1 is 0.700 bits per heavy atom. The number of rotatable bonds is 2. The first-order valence-electron chi connectivity index (χ1n) is 11.0. The highest BCUT2D eigenvalue weighted by Crippen LogP contribution is 2.35. The van der Waals surface area contributed by atoms with E-state index in [1.54, 1.807) is 12.1 Å². The van der Waals surface area contributed by atoms with Crippen molar-refractivity contribution in [3.8, 4) is 0 Å². The summed E-state index contributed by atoms with van der Waals surface area (Å²) in [5, 5.41) is 6.58. The van der Waals surface area contributed by atoms with Gasteiger partial charge < -0.3 is 20.1 Å². The summed E-state index contributed by atoms with van der Waals surface area (Å²) in [6.07, 6.45) is 3.66. The Balaban J connectivity index is 0.000000128. The number of fused-ring (bicyclic) bond motifs is 2. The number of hydrogen-bond donors (Lipinski definition) is 2. The lowest BCUT2D eigenvalue weighted by molar-refractivity contribution is -0.00401. The molecule has 0 aliphatic carbocycles. The molecule has 0 bridgehead atoms. The average Bonchev–Trinajstić information content (AvgIpc) is 2.67. The smallest absolute Gasteiger partial charge is 0.129 e. The minimum Gasteiger partial charge on any atom is -0.371 e. The van der Waals surface area contributed by atoms with Gasteiger partial charge >= 0.3 is 0 Å². The molecule has 0 amide bonds. The molecule has 4 aliphatic rings. The van der Waals surface area contributed by atoms with Crippen LogP contribution in [0.2, 0.25) is 0 Å². The molecule has 2 aromatic rings. The van der Waals surface area contributed by atoms with Crippen LogP contribution >= 0.6 is 0 Å². The van der Waals surface area contributed by atoms with E-state index in [0.717, 1.165) is 61.0 Å². The summed E-state index contributed by atoms with van der Waals surface area (Å²) in [7, 11) is 0. The van der Waals surface area contributed by atoms with Crippen LogP contribution in [-0.2, 0) is 22.3 Å². The van der Waals surface area contributed by atoms with E-state index in [0.29, 0.717) is 25.3 Å². The molecule has 0 unspecified atom stereocenters. The second-order valence-corrected chi connectivity index (χ2v) is 8.41. The van der Waals surface area contributed by atoms with Crippen LogP contribution in [0.3, 0.4) is 0 Å². The van der Waals surface area contributed by atoms with Crippen molar-refractivity contribution in [3.05, 3.63) is 70.3 Å². The minimum absolute atomic E-state index is 0.0799. The number of benzene rings is 2. The molecule has 2 aromatic carbocycles. The predicted molar refractivity (Wildman–Crippen MR) is 110 cm³/mol. The molecule has 2 saturated heterocycles. The number of ether oxygens (including phenoxy) is 2. The number of hydrogen-bond acceptors (Lipinski definition) is 4. The molecule has 0 aromatic heterocycles. The highest BCUT2D eigenvalue weighted by molar-refractivity contribution is 5.34. The quantitative estimate of drug-likeness (QED) is 0.788. The van der Waals surface area contributed by atoms with Crippen LogP contribution in [0.1, 0.15) is 47.3 Å². The van der Waals surface area contributed by atoms with E-state index in [2.05, 4.69) is 10.6 Å². The van der Waals surface area contributed by atoms with E-state index in [4.69, 9.17) is 9.47 Å². The van der Waals surface area contributed by atoms with Crippen LogP contribution < -0.4 is 10.6 Å². The zero-order valence-electron chi connectivity index (χ0n) is 17.0. The zero-order chi connectivity index (χ0) is 20.5. The van der Waals surface area contributed by atoms with Gasteiger partial charge in [-0.2, -0.15) is 0 Å². The van der Waals surface area contributed by atoms with Crippen molar-refractivity contribution in [2.24, 2.45) is 0 Å². The average molecular weight is 414 g/mol. The second kappa shape index (κ2) is 8.71. The van der Waals surface area contributed by atoms with E-state index in [9.17, 15) is 8.78 Å². The molecular weight excluding hydrogens is 386 g/mol. The van der Waals surface area contributed by atoms with E-state index < -0.39 is 0 Å². The Labute approximate surface area is 176 Å². The molecular formula is C24H28F2N2O2. The van der Waals surface area contributed by atoms with Gasteiger partial charge in [-0.1, -0.05) is 24.3 Å². The SMILES string of the molecule is Fc1cccc2c1[C@@H]([C@@H]1CCN1)OCC2.Fc1cccc2c1[C@H]([C@@H]1CCN1)OCC2. The van der Waals surface area contributed by atoms with Gasteiger partial charge in [0.2, 0.25) is 0 Å². The van der Waals surface area contributed by atoms with Gasteiger partial charge in [0.05, 0.1) is 13.2 Å². The van der Waals surface area contributed by atoms with Gasteiger partial charge in [-0.15, -0.1) is 0 Å². The Morgan fingerprint density at radius 2 is 1.13 bits per heavy atom. The van der Waals surface area contributed by atoms with Crippen LogP contribution in [0.25, 0.3) is 0 Å². The standard InChI is InChI=1S/2C12H14FNO/c2*13-9-3-1-2-8-5-7-15-12(11(8)9)10-4-6-14-10/h2*1-3,10,12,14H,4-7H2/t10-,12+;10-,12-/m00/s1. The van der Waals surface area contributed by atoms with Gasteiger partial charge in [-0.3, -0.25) is 0 Å². The summed E-state index contributed by atoms with van der Waals surface area (Å²) in [4.78, 5) is 0. The van der Waals surface area contributed by atoms with Crippen molar-refractivity contribution in [1.29, 1.82) is 0 Å². The summed E-state index contributed by atoms with van der Waals surface area (Å²) in [6.45, 7) is 3.46. The molecule has 0 saturated carbocycles. The lowest BCUT2D eigenvalue weighted by Crippen LogP contribution is -2.49. The van der Waals surface area contributed by atoms with Crippen LogP contribution in [0.5, 0.6) is 0 Å². The normalized spacial score (nSPS) is 29.4. The third-order valence-corrected chi connectivity index (χ3v) is 6.65. The van der Waals surface area contributed by atoms with E-state index >= 15 is 0 Å². The molecule has 4 heterocycles. The topological polar surface area (TPSA) is 42.5 Å². The molecule has 6 rings (SSSR count). The molecule has 0 radical (unpaired) electrons. The first kappa shape index (κ1) is 20.1. The largest absolute Gasteiger partial charge is 0.371 e. The van der Waals surface area contributed by atoms with Crippen molar-refractivity contribution in [3.63, 3.8) is 0 Å². The van der Waals surface area contributed by atoms with Gasteiger partial charge in [-0.25, -0.2) is 8.78 Å². The molecule has 160 valence electrons. The summed E-state index contributed by atoms with van der Waals surface area (Å²) in [5.74, 6) is -0.239. The molecule has 30 heavy (non-hydrogen) atoms. The van der Waals surface area contributed by atoms with Crippen LogP contribution in [-0.4, -0.2) is 38.4 Å². The van der Waals surface area contributed by atoms with Gasteiger partial charge in [-0.05, 0) is 62.0 Å². The minimum atomic E-state index is -0.120. The molecule has 4 atom stereocenters. The first-order chi connectivity index (χ1) is 14.7. The van der Waals surface area contributed by atoms with Gasteiger partial charge in [0, 0.05) is 23.2 Å². The highest BCUT2D eigenvalue weighted by atomic mass is 19.1. The molecule has 0 spiro atoms. The molecule has 4 nitrogen and oxygen atoms in total. The van der Waals surface area contributed by atoms with Gasteiger partial charge in [0.15, 0.2) is 0 Å². The zero-order valence-corrected chi connectivity index (χ0v) is 17.0. The maximum Gasteiger partial charge on any atom is 0.129 e. The lowest BCUT2D eigenvalue weighted by atomic mass is 9.88. The van der Waals surface area contributed by atoms with Gasteiger partial charge in [0.25, 0.3) is 0 Å². The van der Waals surface area contributed by atoms with Crippen molar-refractivity contribution in [1.82, 2.24) is 10.6 Å². The van der Waals surface area contributed by atoms with Crippen molar-refractivity contribution in [2.45, 2.75) is 50.0 Å². The Morgan fingerprint density at radius 3 is 1.50 bits per heavy atom. The summed E-state index contributed by atoms with van der Waals surface area (Å²) < 4.78 is 38.8. The fraction of sp³-hybridized carbons (Fsp3) is 0.500. The fourth-order valence-corrected chi connectivity index (χ4v) is 4.77. The van der Waals surface area contributed by atoms with Gasteiger partial charge in [0.1, 0.15) is 23.8 Å². The molecule has 2 N–H and O–H groups in total. The van der Waals surface area contributed by atoms with Crippen LogP contribution in [0.15, 0.2) is 36.4 Å². The van der Waals surface area contributed by atoms with Crippen molar-refractivity contribution < 1.29 is 18.3 Å². The summed E-state index contributed by atoms with van der Waals surface area (Å²) >= 11 is 0. The summed E-state index contributed by atoms with van der Waals surface area (Å²) in [5.41, 5.74) is 3.78. The summed E-state index contributed by atoms with van der Waals surface area (Å²) in [6, 6.07) is 11.2. The van der Waals surface area contributed by atoms with E-state index in [1.807, 2.05) is 12.1 Å². The Hall–Kier alpha value is -1.86. The third kappa shape index (κ3) is 3.78. The Bertz CT molecular complexity index is 825. The van der Waals surface area contributed by atoms with Crippen molar-refractivity contribution >= 4 is 0 Å². The Kier molecular flexibility index (Phi) is 5.83. The van der Waals surface area contributed by atoms with Crippen molar-refractivity contribution in [2.75, 3.05) is 26.3 Å². The van der Waals surface area contributed by atoms with E-state index in [-0.39, 0.29) is 23.8 Å². The second-order valence-electron chi connectivity index (χ2n) is 8.41. The molecule has 2 fully saturated rings. The molecule has 6 heteroatoms. The predicted octanol–water partition coefficient (Wildman–Crippen LogP) is 3.60. The van der Waals surface area contributed by atoms with Crippen LogP contribution in [0.4, 0.5) is 8.78 Å². The maximum absolute atomic E-state index is 13.7. The molecule has 4 aliphatic heterocycles. The number of nitrogens with one attached hydrogen (secondary N) is 2. The highest BCUT2D eigenvalue weighted by Gasteiger charge is 2.35.